The number of benzene rings is 2. The minimum Gasteiger partial charge on any atom is -0.449 e. The monoisotopic (exact) mass is 337 g/mol. The summed E-state index contributed by atoms with van der Waals surface area (Å²) >= 11 is 0. The number of carbonyl (C=O) groups is 2. The van der Waals surface area contributed by atoms with Gasteiger partial charge in [-0.15, -0.1) is 0 Å². The van der Waals surface area contributed by atoms with E-state index in [2.05, 4.69) is 5.32 Å². The molecule has 0 fully saturated rings. The lowest BCUT2D eigenvalue weighted by molar-refractivity contribution is -0.123. The van der Waals surface area contributed by atoms with E-state index in [1.54, 1.807) is 42.5 Å². The maximum atomic E-state index is 12.2. The molecular formula is C19H19N3O3. The molecule has 2 rings (SSSR count). The minimum atomic E-state index is -0.998. The van der Waals surface area contributed by atoms with E-state index in [0.717, 1.165) is 5.69 Å². The molecule has 0 aliphatic heterocycles. The summed E-state index contributed by atoms with van der Waals surface area (Å²) in [6.45, 7) is 1.48. The zero-order valence-electron chi connectivity index (χ0n) is 14.3. The van der Waals surface area contributed by atoms with Crippen LogP contribution in [0.25, 0.3) is 0 Å². The van der Waals surface area contributed by atoms with Gasteiger partial charge in [0.25, 0.3) is 5.91 Å². The van der Waals surface area contributed by atoms with Crippen LogP contribution in [-0.4, -0.2) is 32.1 Å². The van der Waals surface area contributed by atoms with Gasteiger partial charge in [-0.05, 0) is 37.3 Å². The Hall–Kier alpha value is -3.33. The summed E-state index contributed by atoms with van der Waals surface area (Å²) < 4.78 is 5.23. The molecule has 128 valence electrons. The molecule has 25 heavy (non-hydrogen) atoms. The SMILES string of the molecule is C[C@@H](OC(=O)c1cccc(N(C)C)c1)C(=O)Nc1ccccc1C#N. The van der Waals surface area contributed by atoms with Gasteiger partial charge in [0, 0.05) is 19.8 Å². The quantitative estimate of drug-likeness (QED) is 0.848. The summed E-state index contributed by atoms with van der Waals surface area (Å²) in [4.78, 5) is 26.3. The van der Waals surface area contributed by atoms with Crippen molar-refractivity contribution >= 4 is 23.3 Å². The summed E-state index contributed by atoms with van der Waals surface area (Å²) in [6.07, 6.45) is -0.998. The van der Waals surface area contributed by atoms with Gasteiger partial charge in [-0.3, -0.25) is 4.79 Å². The summed E-state index contributed by atoms with van der Waals surface area (Å²) in [6, 6.07) is 15.6. The lowest BCUT2D eigenvalue weighted by Crippen LogP contribution is -2.30. The first-order valence-corrected chi connectivity index (χ1v) is 7.70. The topological polar surface area (TPSA) is 82.4 Å². The van der Waals surface area contributed by atoms with Crippen molar-refractivity contribution in [2.24, 2.45) is 0 Å². The Kier molecular flexibility index (Phi) is 5.75. The van der Waals surface area contributed by atoms with E-state index in [0.29, 0.717) is 16.8 Å². The number of carbonyl (C=O) groups excluding carboxylic acids is 2. The number of nitrogens with one attached hydrogen (secondary N) is 1. The van der Waals surface area contributed by atoms with Gasteiger partial charge in [0.15, 0.2) is 6.10 Å². The highest BCUT2D eigenvalue weighted by Crippen LogP contribution is 2.16. The van der Waals surface area contributed by atoms with Crippen LogP contribution < -0.4 is 10.2 Å². The van der Waals surface area contributed by atoms with E-state index >= 15 is 0 Å². The summed E-state index contributed by atoms with van der Waals surface area (Å²) in [5.74, 6) is -1.08. The Morgan fingerprint density at radius 2 is 1.88 bits per heavy atom. The third kappa shape index (κ3) is 4.58. The maximum absolute atomic E-state index is 12.2. The number of rotatable bonds is 5. The van der Waals surface area contributed by atoms with Crippen LogP contribution in [0, 0.1) is 11.3 Å². The van der Waals surface area contributed by atoms with Crippen molar-refractivity contribution in [3.63, 3.8) is 0 Å². The average molecular weight is 337 g/mol. The van der Waals surface area contributed by atoms with Crippen LogP contribution in [-0.2, 0) is 9.53 Å². The standard InChI is InChI=1S/C19H19N3O3/c1-13(18(23)21-17-10-5-4-7-15(17)12-20)25-19(24)14-8-6-9-16(11-14)22(2)3/h4-11,13H,1-3H3,(H,21,23)/t13-/m1/s1. The third-order valence-corrected chi connectivity index (χ3v) is 3.56. The molecule has 0 heterocycles. The number of nitrogens with zero attached hydrogens (tertiary/aromatic N) is 2. The Morgan fingerprint density at radius 3 is 2.56 bits per heavy atom. The van der Waals surface area contributed by atoms with Crippen LogP contribution in [0.2, 0.25) is 0 Å². The van der Waals surface area contributed by atoms with E-state index in [9.17, 15) is 9.59 Å². The molecule has 0 radical (unpaired) electrons. The molecule has 2 aromatic carbocycles. The third-order valence-electron chi connectivity index (χ3n) is 3.56. The van der Waals surface area contributed by atoms with E-state index in [-0.39, 0.29) is 0 Å². The number of nitriles is 1. The normalized spacial score (nSPS) is 11.1. The second-order valence-electron chi connectivity index (χ2n) is 5.64. The molecule has 0 aliphatic rings. The number of hydrogen-bond acceptors (Lipinski definition) is 5. The second-order valence-corrected chi connectivity index (χ2v) is 5.64. The molecule has 1 atom stereocenters. The second kappa shape index (κ2) is 7.97. The van der Waals surface area contributed by atoms with Gasteiger partial charge in [0.1, 0.15) is 6.07 Å². The molecular weight excluding hydrogens is 318 g/mol. The smallest absolute Gasteiger partial charge is 0.338 e. The molecule has 0 saturated heterocycles. The number of ether oxygens (including phenoxy) is 1. The molecule has 0 aliphatic carbocycles. The van der Waals surface area contributed by atoms with Crippen LogP contribution in [0.15, 0.2) is 48.5 Å². The van der Waals surface area contributed by atoms with E-state index < -0.39 is 18.0 Å². The van der Waals surface area contributed by atoms with Gasteiger partial charge >= 0.3 is 5.97 Å². The first-order chi connectivity index (χ1) is 11.9. The van der Waals surface area contributed by atoms with Gasteiger partial charge in [-0.2, -0.15) is 5.26 Å². The van der Waals surface area contributed by atoms with E-state index in [1.807, 2.05) is 31.1 Å². The molecule has 0 saturated carbocycles. The maximum Gasteiger partial charge on any atom is 0.338 e. The lowest BCUT2D eigenvalue weighted by atomic mass is 10.2. The van der Waals surface area contributed by atoms with Gasteiger partial charge in [-0.25, -0.2) is 4.79 Å². The first-order valence-electron chi connectivity index (χ1n) is 7.70. The molecule has 0 aromatic heterocycles. The Labute approximate surface area is 146 Å². The molecule has 0 bridgehead atoms. The van der Waals surface area contributed by atoms with Crippen molar-refractivity contribution in [2.45, 2.75) is 13.0 Å². The zero-order valence-corrected chi connectivity index (χ0v) is 14.3. The Bertz CT molecular complexity index is 825. The summed E-state index contributed by atoms with van der Waals surface area (Å²) in [5.41, 5.74) is 1.94. The highest BCUT2D eigenvalue weighted by atomic mass is 16.5. The fourth-order valence-electron chi connectivity index (χ4n) is 2.12. The van der Waals surface area contributed by atoms with Gasteiger partial charge in [-0.1, -0.05) is 18.2 Å². The first kappa shape index (κ1) is 18.0. The van der Waals surface area contributed by atoms with Gasteiger partial charge in [0.2, 0.25) is 0 Å². The van der Waals surface area contributed by atoms with Crippen LogP contribution in [0.4, 0.5) is 11.4 Å². The summed E-state index contributed by atoms with van der Waals surface area (Å²) in [7, 11) is 3.74. The Morgan fingerprint density at radius 1 is 1.16 bits per heavy atom. The van der Waals surface area contributed by atoms with Crippen LogP contribution in [0.3, 0.4) is 0 Å². The van der Waals surface area contributed by atoms with Crippen molar-refractivity contribution in [3.8, 4) is 6.07 Å². The molecule has 1 N–H and O–H groups in total. The molecule has 6 heteroatoms. The van der Waals surface area contributed by atoms with Crippen molar-refractivity contribution < 1.29 is 14.3 Å². The predicted octanol–water partition coefficient (Wildman–Crippen LogP) is 2.81. The van der Waals surface area contributed by atoms with E-state index in [1.165, 1.54) is 6.92 Å². The molecule has 6 nitrogen and oxygen atoms in total. The molecule has 0 spiro atoms. The van der Waals surface area contributed by atoms with Crippen LogP contribution >= 0.6 is 0 Å². The van der Waals surface area contributed by atoms with Gasteiger partial charge in [0.05, 0.1) is 16.8 Å². The predicted molar refractivity (Wildman–Crippen MR) is 95.4 cm³/mol. The number of anilines is 2. The number of esters is 1. The number of para-hydroxylation sites is 1. The Balaban J connectivity index is 2.05. The fourth-order valence-corrected chi connectivity index (χ4v) is 2.12. The highest BCUT2D eigenvalue weighted by molar-refractivity contribution is 5.98. The van der Waals surface area contributed by atoms with E-state index in [4.69, 9.17) is 10.00 Å². The fraction of sp³-hybridized carbons (Fsp3) is 0.211. The summed E-state index contributed by atoms with van der Waals surface area (Å²) in [5, 5.41) is 11.6. The van der Waals surface area contributed by atoms with Crippen molar-refractivity contribution in [1.29, 1.82) is 5.26 Å². The number of amides is 1. The number of hydrogen-bond donors (Lipinski definition) is 1. The van der Waals surface area contributed by atoms with Crippen molar-refractivity contribution in [3.05, 3.63) is 59.7 Å². The molecule has 0 unspecified atom stereocenters. The van der Waals surface area contributed by atoms with Crippen molar-refractivity contribution in [2.75, 3.05) is 24.3 Å². The minimum absolute atomic E-state index is 0.341. The van der Waals surface area contributed by atoms with Crippen molar-refractivity contribution in [1.82, 2.24) is 0 Å². The van der Waals surface area contributed by atoms with Crippen LogP contribution in [0.1, 0.15) is 22.8 Å². The van der Waals surface area contributed by atoms with Gasteiger partial charge < -0.3 is 15.0 Å². The molecule has 1 amide bonds. The zero-order chi connectivity index (χ0) is 18.4. The lowest BCUT2D eigenvalue weighted by Gasteiger charge is -2.16. The van der Waals surface area contributed by atoms with Crippen LogP contribution in [0.5, 0.6) is 0 Å². The average Bonchev–Trinajstić information content (AvgIpc) is 2.62. The highest BCUT2D eigenvalue weighted by Gasteiger charge is 2.20. The molecule has 2 aromatic rings. The largest absolute Gasteiger partial charge is 0.449 e.